The number of H-pyrrole nitrogens is 1. The van der Waals surface area contributed by atoms with Crippen LogP contribution in [0.5, 0.6) is 0 Å². The molecule has 2 aromatic rings. The lowest BCUT2D eigenvalue weighted by atomic mass is 9.92. The number of para-hydroxylation sites is 1. The second kappa shape index (κ2) is 6.40. The van der Waals surface area contributed by atoms with Gasteiger partial charge in [-0.25, -0.2) is 0 Å². The van der Waals surface area contributed by atoms with Crippen LogP contribution in [0, 0.1) is 0 Å². The van der Waals surface area contributed by atoms with Gasteiger partial charge in [0.25, 0.3) is 0 Å². The van der Waals surface area contributed by atoms with Gasteiger partial charge in [-0.2, -0.15) is 0 Å². The summed E-state index contributed by atoms with van der Waals surface area (Å²) in [6.07, 6.45) is 6.44. The van der Waals surface area contributed by atoms with Crippen molar-refractivity contribution in [3.05, 3.63) is 36.0 Å². The Morgan fingerprint density at radius 3 is 3.00 bits per heavy atom. The number of nitrogens with one attached hydrogen (secondary N) is 2. The molecule has 3 aliphatic heterocycles. The Morgan fingerprint density at radius 2 is 2.08 bits per heavy atom. The summed E-state index contributed by atoms with van der Waals surface area (Å²) in [6.45, 7) is 4.75. The molecule has 1 aromatic heterocycles. The van der Waals surface area contributed by atoms with Crippen LogP contribution in [0.1, 0.15) is 24.8 Å². The van der Waals surface area contributed by atoms with Crippen LogP contribution in [0.15, 0.2) is 30.5 Å². The number of fused-ring (bicyclic) bond motifs is 2. The van der Waals surface area contributed by atoms with Crippen LogP contribution >= 0.6 is 0 Å². The smallest absolute Gasteiger partial charge is 0.181 e. The highest BCUT2D eigenvalue weighted by molar-refractivity contribution is 5.83. The third kappa shape index (κ3) is 2.99. The Bertz CT molecular complexity index is 737. The zero-order valence-electron chi connectivity index (χ0n) is 14.7. The van der Waals surface area contributed by atoms with E-state index in [2.05, 4.69) is 45.7 Å². The highest BCUT2D eigenvalue weighted by Crippen LogP contribution is 2.33. The summed E-state index contributed by atoms with van der Waals surface area (Å²) in [4.78, 5) is 6.00. The zero-order valence-corrected chi connectivity index (χ0v) is 14.7. The van der Waals surface area contributed by atoms with Crippen molar-refractivity contribution in [2.24, 2.45) is 0 Å². The van der Waals surface area contributed by atoms with Crippen molar-refractivity contribution >= 4 is 10.9 Å². The van der Waals surface area contributed by atoms with Gasteiger partial charge in [0.15, 0.2) is 5.79 Å². The summed E-state index contributed by atoms with van der Waals surface area (Å²) < 4.78 is 12.1. The Morgan fingerprint density at radius 1 is 1.20 bits per heavy atom. The second-order valence-corrected chi connectivity index (χ2v) is 7.75. The van der Waals surface area contributed by atoms with Crippen molar-refractivity contribution in [3.8, 4) is 0 Å². The third-order valence-corrected chi connectivity index (χ3v) is 6.08. The lowest BCUT2D eigenvalue weighted by molar-refractivity contribution is -0.291. The monoisotopic (exact) mass is 341 g/mol. The molecule has 1 aromatic carbocycles. The predicted molar refractivity (Wildman–Crippen MR) is 97.6 cm³/mol. The van der Waals surface area contributed by atoms with Crippen molar-refractivity contribution in [2.45, 2.75) is 43.6 Å². The molecule has 5 nitrogen and oxygen atoms in total. The van der Waals surface area contributed by atoms with Crippen molar-refractivity contribution in [2.75, 3.05) is 32.8 Å². The minimum Gasteiger partial charge on any atom is -0.361 e. The van der Waals surface area contributed by atoms with Crippen molar-refractivity contribution in [1.82, 2.24) is 15.2 Å². The van der Waals surface area contributed by atoms with E-state index >= 15 is 0 Å². The van der Waals surface area contributed by atoms with E-state index < -0.39 is 0 Å². The topological polar surface area (TPSA) is 49.5 Å². The van der Waals surface area contributed by atoms with Gasteiger partial charge in [0, 0.05) is 48.7 Å². The molecule has 3 aliphatic rings. The molecule has 1 spiro atoms. The molecule has 3 saturated heterocycles. The lowest BCUT2D eigenvalue weighted by Gasteiger charge is -2.51. The van der Waals surface area contributed by atoms with Gasteiger partial charge in [-0.05, 0) is 30.9 Å². The summed E-state index contributed by atoms with van der Waals surface area (Å²) >= 11 is 0. The van der Waals surface area contributed by atoms with Gasteiger partial charge in [0.1, 0.15) is 0 Å². The van der Waals surface area contributed by atoms with Crippen LogP contribution in [0.25, 0.3) is 10.9 Å². The molecular weight excluding hydrogens is 314 g/mol. The third-order valence-electron chi connectivity index (χ3n) is 6.08. The number of hydrogen-bond acceptors (Lipinski definition) is 4. The van der Waals surface area contributed by atoms with Crippen molar-refractivity contribution in [1.29, 1.82) is 0 Å². The molecule has 0 unspecified atom stereocenters. The molecule has 2 N–H and O–H groups in total. The first-order chi connectivity index (χ1) is 12.3. The summed E-state index contributed by atoms with van der Waals surface area (Å²) in [6, 6.07) is 9.68. The van der Waals surface area contributed by atoms with Gasteiger partial charge in [0.2, 0.25) is 0 Å². The van der Waals surface area contributed by atoms with E-state index in [9.17, 15) is 0 Å². The SMILES string of the molecule is c1ccc2c(C[C@@H]3CN4CC5(CC[C@@H]4CN3)OCCCO5)c[nH]c2c1. The van der Waals surface area contributed by atoms with Gasteiger partial charge in [0.05, 0.1) is 19.8 Å². The molecule has 0 radical (unpaired) electrons. The molecule has 5 heteroatoms. The Kier molecular flexibility index (Phi) is 4.05. The maximum Gasteiger partial charge on any atom is 0.181 e. The summed E-state index contributed by atoms with van der Waals surface area (Å²) in [7, 11) is 0. The van der Waals surface area contributed by atoms with Crippen LogP contribution in [0.3, 0.4) is 0 Å². The first-order valence-corrected chi connectivity index (χ1v) is 9.62. The minimum atomic E-state index is -0.336. The number of ether oxygens (including phenoxy) is 2. The normalized spacial score (nSPS) is 29.8. The molecule has 4 heterocycles. The number of aromatic nitrogens is 1. The number of piperidine rings is 1. The zero-order chi connectivity index (χ0) is 16.7. The maximum absolute atomic E-state index is 6.06. The first-order valence-electron chi connectivity index (χ1n) is 9.62. The fraction of sp³-hybridized carbons (Fsp3) is 0.600. The highest BCUT2D eigenvalue weighted by Gasteiger charge is 2.44. The fourth-order valence-corrected chi connectivity index (χ4v) is 4.74. The Hall–Kier alpha value is -1.40. The van der Waals surface area contributed by atoms with Crippen LogP contribution in [-0.4, -0.2) is 60.6 Å². The molecule has 0 bridgehead atoms. The fourth-order valence-electron chi connectivity index (χ4n) is 4.74. The van der Waals surface area contributed by atoms with E-state index in [1.807, 2.05) is 0 Å². The molecule has 0 amide bonds. The van der Waals surface area contributed by atoms with E-state index in [1.165, 1.54) is 16.5 Å². The van der Waals surface area contributed by atoms with Crippen LogP contribution < -0.4 is 5.32 Å². The van der Waals surface area contributed by atoms with Gasteiger partial charge < -0.3 is 19.8 Å². The number of aromatic amines is 1. The van der Waals surface area contributed by atoms with Gasteiger partial charge >= 0.3 is 0 Å². The van der Waals surface area contributed by atoms with E-state index in [0.29, 0.717) is 12.1 Å². The van der Waals surface area contributed by atoms with Crippen molar-refractivity contribution < 1.29 is 9.47 Å². The molecule has 3 fully saturated rings. The van der Waals surface area contributed by atoms with Crippen LogP contribution in [-0.2, 0) is 15.9 Å². The average Bonchev–Trinajstić information content (AvgIpc) is 3.05. The predicted octanol–water partition coefficient (Wildman–Crippen LogP) is 2.28. The number of rotatable bonds is 2. The highest BCUT2D eigenvalue weighted by atomic mass is 16.7. The molecular formula is C20H27N3O2. The van der Waals surface area contributed by atoms with Crippen LogP contribution in [0.2, 0.25) is 0 Å². The minimum absolute atomic E-state index is 0.336. The van der Waals surface area contributed by atoms with Gasteiger partial charge in [-0.15, -0.1) is 0 Å². The lowest BCUT2D eigenvalue weighted by Crippen LogP contribution is -2.65. The molecule has 2 atom stereocenters. The van der Waals surface area contributed by atoms with E-state index in [0.717, 1.165) is 58.5 Å². The second-order valence-electron chi connectivity index (χ2n) is 7.75. The maximum atomic E-state index is 6.06. The molecule has 134 valence electrons. The van der Waals surface area contributed by atoms with Gasteiger partial charge in [-0.1, -0.05) is 18.2 Å². The number of nitrogens with zero attached hydrogens (tertiary/aromatic N) is 1. The van der Waals surface area contributed by atoms with E-state index in [1.54, 1.807) is 0 Å². The Labute approximate surface area is 148 Å². The van der Waals surface area contributed by atoms with Crippen LogP contribution in [0.4, 0.5) is 0 Å². The molecule has 5 rings (SSSR count). The average molecular weight is 341 g/mol. The van der Waals surface area contributed by atoms with E-state index in [4.69, 9.17) is 9.47 Å². The van der Waals surface area contributed by atoms with E-state index in [-0.39, 0.29) is 5.79 Å². The quantitative estimate of drug-likeness (QED) is 0.880. The molecule has 0 aliphatic carbocycles. The van der Waals surface area contributed by atoms with Gasteiger partial charge in [-0.3, -0.25) is 4.90 Å². The summed E-state index contributed by atoms with van der Waals surface area (Å²) in [5.74, 6) is -0.336. The number of piperazine rings is 1. The molecule has 0 saturated carbocycles. The standard InChI is InChI=1S/C20H27N3O2/c1-2-5-19-18(4-1)15(11-22-19)10-16-13-23-14-20(24-8-3-9-25-20)7-6-17(23)12-21-16/h1-2,4-5,11,16-17,21-22H,3,6-10,12-14H2/t16-,17-/m1/s1. The molecule has 25 heavy (non-hydrogen) atoms. The van der Waals surface area contributed by atoms with Crippen molar-refractivity contribution in [3.63, 3.8) is 0 Å². The first kappa shape index (κ1) is 15.8. The summed E-state index contributed by atoms with van der Waals surface area (Å²) in [5, 5.41) is 5.12. The number of hydrogen-bond donors (Lipinski definition) is 2. The largest absolute Gasteiger partial charge is 0.361 e. The number of benzene rings is 1. The Balaban J connectivity index is 1.29. The summed E-state index contributed by atoms with van der Waals surface area (Å²) in [5.41, 5.74) is 2.63.